The Hall–Kier alpha value is -1.92. The van der Waals surface area contributed by atoms with E-state index in [9.17, 15) is 4.79 Å². The molecule has 6 nitrogen and oxygen atoms in total. The molecule has 20 heavy (non-hydrogen) atoms. The van der Waals surface area contributed by atoms with Crippen LogP contribution in [0.25, 0.3) is 0 Å². The van der Waals surface area contributed by atoms with Gasteiger partial charge < -0.3 is 20.0 Å². The minimum absolute atomic E-state index is 0.148. The van der Waals surface area contributed by atoms with E-state index in [1.165, 1.54) is 4.90 Å². The summed E-state index contributed by atoms with van der Waals surface area (Å²) < 4.78 is 0. The van der Waals surface area contributed by atoms with Gasteiger partial charge in [-0.25, -0.2) is 0 Å². The molecule has 0 saturated carbocycles. The number of nitrogens with zero attached hydrogens (tertiary/aromatic N) is 2. The first-order valence-electron chi connectivity index (χ1n) is 6.55. The molecule has 1 aliphatic heterocycles. The average Bonchev–Trinajstić information content (AvgIpc) is 2.97. The van der Waals surface area contributed by atoms with Crippen LogP contribution in [0.1, 0.15) is 12.0 Å². The molecule has 0 aliphatic carbocycles. The Morgan fingerprint density at radius 3 is 2.50 bits per heavy atom. The van der Waals surface area contributed by atoms with Crippen LogP contribution in [0.15, 0.2) is 35.5 Å². The molecule has 0 radical (unpaired) electrons. The Morgan fingerprint density at radius 1 is 1.25 bits per heavy atom. The Kier molecular flexibility index (Phi) is 5.09. The van der Waals surface area contributed by atoms with Crippen molar-refractivity contribution in [2.24, 2.45) is 5.16 Å². The zero-order valence-corrected chi connectivity index (χ0v) is 11.1. The van der Waals surface area contributed by atoms with E-state index in [1.807, 2.05) is 30.3 Å². The number of oxime groups is 1. The highest BCUT2D eigenvalue weighted by molar-refractivity contribution is 6.04. The minimum Gasteiger partial charge on any atom is -0.395 e. The third kappa shape index (κ3) is 3.34. The van der Waals surface area contributed by atoms with Crippen molar-refractivity contribution in [1.82, 2.24) is 4.90 Å². The maximum atomic E-state index is 12.2. The number of carbonyl (C=O) groups excluding carboxylic acids is 1. The normalized spacial score (nSPS) is 17.5. The van der Waals surface area contributed by atoms with Crippen LogP contribution in [-0.4, -0.2) is 59.1 Å². The molecular weight excluding hydrogens is 260 g/mol. The summed E-state index contributed by atoms with van der Waals surface area (Å²) in [6, 6.07) is 9.53. The predicted molar refractivity (Wildman–Crippen MR) is 73.2 cm³/mol. The Morgan fingerprint density at radius 2 is 1.90 bits per heavy atom. The van der Waals surface area contributed by atoms with Crippen LogP contribution < -0.4 is 0 Å². The van der Waals surface area contributed by atoms with E-state index in [-0.39, 0.29) is 32.2 Å². The first-order valence-corrected chi connectivity index (χ1v) is 6.55. The minimum atomic E-state index is -0.677. The molecule has 0 spiro atoms. The van der Waals surface area contributed by atoms with E-state index in [0.717, 1.165) is 11.3 Å². The largest absolute Gasteiger partial charge is 0.395 e. The second-order valence-electron chi connectivity index (χ2n) is 4.47. The number of aliphatic hydroxyl groups is 2. The lowest BCUT2D eigenvalue weighted by molar-refractivity contribution is -0.143. The monoisotopic (exact) mass is 278 g/mol. The summed E-state index contributed by atoms with van der Waals surface area (Å²) >= 11 is 0. The van der Waals surface area contributed by atoms with Crippen LogP contribution in [0.5, 0.6) is 0 Å². The Balaban J connectivity index is 1.98. The van der Waals surface area contributed by atoms with Gasteiger partial charge in [0.15, 0.2) is 0 Å². The van der Waals surface area contributed by atoms with E-state index < -0.39 is 6.10 Å². The van der Waals surface area contributed by atoms with Crippen molar-refractivity contribution in [3.63, 3.8) is 0 Å². The molecule has 108 valence electrons. The number of rotatable bonds is 6. The second kappa shape index (κ2) is 7.02. The molecule has 1 amide bonds. The number of carbonyl (C=O) groups is 1. The van der Waals surface area contributed by atoms with Crippen molar-refractivity contribution in [1.29, 1.82) is 0 Å². The summed E-state index contributed by atoms with van der Waals surface area (Å²) in [6.07, 6.45) is -0.278. The fraction of sp³-hybridized carbons (Fsp3) is 0.429. The number of aliphatic hydroxyl groups excluding tert-OH is 2. The summed E-state index contributed by atoms with van der Waals surface area (Å²) in [5, 5.41) is 21.8. The summed E-state index contributed by atoms with van der Waals surface area (Å²) in [5.74, 6) is -0.261. The molecule has 2 N–H and O–H groups in total. The summed E-state index contributed by atoms with van der Waals surface area (Å²) in [5.41, 5.74) is 1.66. The SMILES string of the molecule is O=C(C1CC(c2ccccc2)=NO1)N(CCO)CCO. The van der Waals surface area contributed by atoms with Crippen LogP contribution >= 0.6 is 0 Å². The summed E-state index contributed by atoms with van der Waals surface area (Å²) in [4.78, 5) is 18.8. The van der Waals surface area contributed by atoms with Gasteiger partial charge in [-0.2, -0.15) is 0 Å². The molecule has 1 aromatic rings. The third-order valence-electron chi connectivity index (χ3n) is 3.10. The van der Waals surface area contributed by atoms with Gasteiger partial charge in [0.25, 0.3) is 5.91 Å². The van der Waals surface area contributed by atoms with Gasteiger partial charge in [-0.3, -0.25) is 4.79 Å². The first-order chi connectivity index (χ1) is 9.76. The second-order valence-corrected chi connectivity index (χ2v) is 4.47. The Bertz CT molecular complexity index is 469. The van der Waals surface area contributed by atoms with Gasteiger partial charge in [-0.05, 0) is 5.56 Å². The fourth-order valence-electron chi connectivity index (χ4n) is 2.09. The molecule has 6 heteroatoms. The molecule has 1 heterocycles. The van der Waals surface area contributed by atoms with Crippen LogP contribution in [0, 0.1) is 0 Å². The number of amides is 1. The predicted octanol–water partition coefficient (Wildman–Crippen LogP) is -0.00720. The van der Waals surface area contributed by atoms with Crippen LogP contribution in [0.3, 0.4) is 0 Å². The quantitative estimate of drug-likeness (QED) is 0.767. The van der Waals surface area contributed by atoms with Crippen molar-refractivity contribution in [3.05, 3.63) is 35.9 Å². The molecular formula is C14H18N2O4. The lowest BCUT2D eigenvalue weighted by Gasteiger charge is -2.22. The molecule has 2 rings (SSSR count). The van der Waals surface area contributed by atoms with Crippen molar-refractivity contribution in [2.75, 3.05) is 26.3 Å². The van der Waals surface area contributed by atoms with Gasteiger partial charge in [0.2, 0.25) is 6.10 Å². The van der Waals surface area contributed by atoms with Gasteiger partial charge in [-0.15, -0.1) is 0 Å². The van der Waals surface area contributed by atoms with Crippen molar-refractivity contribution < 1.29 is 19.8 Å². The lowest BCUT2D eigenvalue weighted by atomic mass is 10.0. The van der Waals surface area contributed by atoms with E-state index in [1.54, 1.807) is 0 Å². The highest BCUT2D eigenvalue weighted by Crippen LogP contribution is 2.18. The van der Waals surface area contributed by atoms with Crippen LogP contribution in [0.4, 0.5) is 0 Å². The van der Waals surface area contributed by atoms with Gasteiger partial charge in [0.05, 0.1) is 18.9 Å². The lowest BCUT2D eigenvalue weighted by Crippen LogP contribution is -2.42. The molecule has 0 aromatic heterocycles. The van der Waals surface area contributed by atoms with Crippen molar-refractivity contribution in [3.8, 4) is 0 Å². The molecule has 1 aliphatic rings. The standard InChI is InChI=1S/C14H18N2O4/c17-8-6-16(7-9-18)14(19)13-10-12(15-20-13)11-4-2-1-3-5-11/h1-5,13,17-18H,6-10H2. The molecule has 1 aromatic carbocycles. The van der Waals surface area contributed by atoms with Crippen LogP contribution in [-0.2, 0) is 9.63 Å². The van der Waals surface area contributed by atoms with Crippen LogP contribution in [0.2, 0.25) is 0 Å². The van der Waals surface area contributed by atoms with E-state index in [2.05, 4.69) is 5.16 Å². The topological polar surface area (TPSA) is 82.4 Å². The van der Waals surface area contributed by atoms with E-state index in [4.69, 9.17) is 15.1 Å². The zero-order valence-electron chi connectivity index (χ0n) is 11.1. The molecule has 0 saturated heterocycles. The summed E-state index contributed by atoms with van der Waals surface area (Å²) in [7, 11) is 0. The van der Waals surface area contributed by atoms with Gasteiger partial charge >= 0.3 is 0 Å². The number of benzene rings is 1. The van der Waals surface area contributed by atoms with Crippen molar-refractivity contribution >= 4 is 11.6 Å². The maximum absolute atomic E-state index is 12.2. The van der Waals surface area contributed by atoms with Gasteiger partial charge in [0, 0.05) is 19.5 Å². The van der Waals surface area contributed by atoms with Gasteiger partial charge in [-0.1, -0.05) is 35.5 Å². The molecule has 0 bridgehead atoms. The number of hydrogen-bond acceptors (Lipinski definition) is 5. The van der Waals surface area contributed by atoms with E-state index in [0.29, 0.717) is 6.42 Å². The summed E-state index contributed by atoms with van der Waals surface area (Å²) in [6.45, 7) is 0.0650. The smallest absolute Gasteiger partial charge is 0.267 e. The zero-order chi connectivity index (χ0) is 14.4. The number of hydrogen-bond donors (Lipinski definition) is 2. The first kappa shape index (κ1) is 14.5. The highest BCUT2D eigenvalue weighted by atomic mass is 16.6. The molecule has 1 unspecified atom stereocenters. The maximum Gasteiger partial charge on any atom is 0.267 e. The molecule has 1 atom stereocenters. The molecule has 0 fully saturated rings. The average molecular weight is 278 g/mol. The fourth-order valence-corrected chi connectivity index (χ4v) is 2.09. The van der Waals surface area contributed by atoms with Crippen molar-refractivity contribution in [2.45, 2.75) is 12.5 Å². The van der Waals surface area contributed by atoms with Gasteiger partial charge in [0.1, 0.15) is 0 Å². The van der Waals surface area contributed by atoms with E-state index >= 15 is 0 Å². The highest BCUT2D eigenvalue weighted by Gasteiger charge is 2.31. The Labute approximate surface area is 117 Å². The third-order valence-corrected chi connectivity index (χ3v) is 3.10.